The Morgan fingerprint density at radius 2 is 1.87 bits per heavy atom. The molecule has 0 radical (unpaired) electrons. The largest absolute Gasteiger partial charge is 0.374 e. The first-order chi connectivity index (χ1) is 7.06. The maximum absolute atomic E-state index is 11.7. The van der Waals surface area contributed by atoms with Gasteiger partial charge < -0.3 is 4.74 Å². The summed E-state index contributed by atoms with van der Waals surface area (Å²) in [6.07, 6.45) is 0. The van der Waals surface area contributed by atoms with E-state index in [4.69, 9.17) is 4.74 Å². The highest BCUT2D eigenvalue weighted by Gasteiger charge is 2.09. The summed E-state index contributed by atoms with van der Waals surface area (Å²) in [5, 5.41) is 0. The van der Waals surface area contributed by atoms with Gasteiger partial charge in [0.2, 0.25) is 0 Å². The molecule has 0 N–H and O–H groups in total. The molecule has 0 saturated heterocycles. The van der Waals surface area contributed by atoms with Crippen molar-refractivity contribution in [1.82, 2.24) is 0 Å². The molecule has 82 valence electrons. The summed E-state index contributed by atoms with van der Waals surface area (Å²) in [7, 11) is 0. The maximum Gasteiger partial charge on any atom is 0.188 e. The molecular formula is C12H15BrO2. The van der Waals surface area contributed by atoms with E-state index in [1.807, 2.05) is 32.9 Å². The minimum atomic E-state index is 0.0375. The molecule has 0 aromatic heterocycles. The molecule has 0 aliphatic rings. The molecule has 0 spiro atoms. The third-order valence-electron chi connectivity index (χ3n) is 2.20. The quantitative estimate of drug-likeness (QED) is 0.785. The lowest BCUT2D eigenvalue weighted by Gasteiger charge is -2.07. The lowest BCUT2D eigenvalue weighted by Crippen LogP contribution is -2.09. The summed E-state index contributed by atoms with van der Waals surface area (Å²) in [6.45, 7) is 6.58. The second-order valence-corrected chi connectivity index (χ2v) is 4.28. The number of carbonyl (C=O) groups excluding carboxylic acids is 1. The Bertz CT molecular complexity index is 349. The van der Waals surface area contributed by atoms with E-state index in [0.717, 1.165) is 21.2 Å². The van der Waals surface area contributed by atoms with Gasteiger partial charge in [0.1, 0.15) is 6.61 Å². The van der Waals surface area contributed by atoms with Gasteiger partial charge in [-0.2, -0.15) is 0 Å². The number of carbonyl (C=O) groups is 1. The van der Waals surface area contributed by atoms with Crippen molar-refractivity contribution in [2.24, 2.45) is 0 Å². The Hall–Kier alpha value is -0.670. The van der Waals surface area contributed by atoms with Crippen molar-refractivity contribution in [3.63, 3.8) is 0 Å². The van der Waals surface area contributed by atoms with E-state index >= 15 is 0 Å². The van der Waals surface area contributed by atoms with Crippen LogP contribution in [0.4, 0.5) is 0 Å². The number of ketones is 1. The molecule has 0 unspecified atom stereocenters. The fourth-order valence-electron chi connectivity index (χ4n) is 1.38. The molecular weight excluding hydrogens is 256 g/mol. The minimum absolute atomic E-state index is 0.0375. The van der Waals surface area contributed by atoms with Crippen LogP contribution >= 0.6 is 15.9 Å². The molecule has 1 aromatic carbocycles. The van der Waals surface area contributed by atoms with Crippen LogP contribution in [0.1, 0.15) is 28.4 Å². The molecule has 0 aliphatic carbocycles. The topological polar surface area (TPSA) is 26.3 Å². The van der Waals surface area contributed by atoms with Gasteiger partial charge in [-0.15, -0.1) is 0 Å². The molecule has 1 aromatic rings. The number of Topliss-reactive ketones (excluding diaryl/α,β-unsaturated/α-hetero) is 1. The molecule has 0 atom stereocenters. The van der Waals surface area contributed by atoms with E-state index in [2.05, 4.69) is 15.9 Å². The van der Waals surface area contributed by atoms with Gasteiger partial charge in [-0.05, 0) is 44.0 Å². The summed E-state index contributed by atoms with van der Waals surface area (Å²) in [4.78, 5) is 11.7. The van der Waals surface area contributed by atoms with Crippen LogP contribution in [-0.4, -0.2) is 19.0 Å². The molecule has 1 rings (SSSR count). The number of benzene rings is 1. The van der Waals surface area contributed by atoms with Crippen LogP contribution in [0.3, 0.4) is 0 Å². The Morgan fingerprint density at radius 3 is 2.33 bits per heavy atom. The molecule has 0 amide bonds. The first-order valence-electron chi connectivity index (χ1n) is 4.94. The van der Waals surface area contributed by atoms with Crippen molar-refractivity contribution >= 4 is 21.7 Å². The first-order valence-corrected chi connectivity index (χ1v) is 5.73. The van der Waals surface area contributed by atoms with E-state index < -0.39 is 0 Å². The van der Waals surface area contributed by atoms with Crippen LogP contribution < -0.4 is 0 Å². The van der Waals surface area contributed by atoms with E-state index in [-0.39, 0.29) is 12.4 Å². The van der Waals surface area contributed by atoms with Crippen molar-refractivity contribution in [1.29, 1.82) is 0 Å². The zero-order valence-corrected chi connectivity index (χ0v) is 10.8. The van der Waals surface area contributed by atoms with Crippen LogP contribution in [0.2, 0.25) is 0 Å². The van der Waals surface area contributed by atoms with Crippen LogP contribution in [0.15, 0.2) is 16.6 Å². The number of hydrogen-bond donors (Lipinski definition) is 0. The Kier molecular flexibility index (Phi) is 4.48. The third-order valence-corrected chi connectivity index (χ3v) is 3.45. The molecule has 0 aliphatic heterocycles. The van der Waals surface area contributed by atoms with E-state index in [1.54, 1.807) is 0 Å². The van der Waals surface area contributed by atoms with Gasteiger partial charge in [0.05, 0.1) is 0 Å². The smallest absolute Gasteiger partial charge is 0.188 e. The third kappa shape index (κ3) is 3.14. The second kappa shape index (κ2) is 5.42. The standard InChI is InChI=1S/C12H15BrO2/c1-4-15-7-11(14)10-5-8(2)12(13)9(3)6-10/h5-6H,4,7H2,1-3H3. The average molecular weight is 271 g/mol. The zero-order valence-electron chi connectivity index (χ0n) is 9.26. The van der Waals surface area contributed by atoms with Gasteiger partial charge in [0, 0.05) is 16.6 Å². The predicted molar refractivity (Wildman–Crippen MR) is 64.4 cm³/mol. The molecule has 3 heteroatoms. The van der Waals surface area contributed by atoms with Crippen LogP contribution in [-0.2, 0) is 4.74 Å². The van der Waals surface area contributed by atoms with Gasteiger partial charge in [0.25, 0.3) is 0 Å². The fourth-order valence-corrected chi connectivity index (χ4v) is 1.61. The van der Waals surface area contributed by atoms with E-state index in [0.29, 0.717) is 6.61 Å². The van der Waals surface area contributed by atoms with Crippen molar-refractivity contribution in [3.05, 3.63) is 33.3 Å². The first kappa shape index (κ1) is 12.4. The lowest BCUT2D eigenvalue weighted by atomic mass is 10.0. The Labute approximate surface area is 98.8 Å². The number of rotatable bonds is 4. The highest BCUT2D eigenvalue weighted by Crippen LogP contribution is 2.22. The van der Waals surface area contributed by atoms with Crippen molar-refractivity contribution in [2.45, 2.75) is 20.8 Å². The normalized spacial score (nSPS) is 10.4. The van der Waals surface area contributed by atoms with Gasteiger partial charge in [-0.1, -0.05) is 15.9 Å². The SMILES string of the molecule is CCOCC(=O)c1cc(C)c(Br)c(C)c1. The van der Waals surface area contributed by atoms with Crippen LogP contribution in [0.5, 0.6) is 0 Å². The highest BCUT2D eigenvalue weighted by atomic mass is 79.9. The summed E-state index contributed by atoms with van der Waals surface area (Å²) in [6, 6.07) is 3.77. The van der Waals surface area contributed by atoms with E-state index in [9.17, 15) is 4.79 Å². The summed E-state index contributed by atoms with van der Waals surface area (Å²) < 4.78 is 6.16. The van der Waals surface area contributed by atoms with Gasteiger partial charge >= 0.3 is 0 Å². The van der Waals surface area contributed by atoms with Crippen molar-refractivity contribution in [3.8, 4) is 0 Å². The average Bonchev–Trinajstić information content (AvgIpc) is 2.21. The van der Waals surface area contributed by atoms with E-state index in [1.165, 1.54) is 0 Å². The zero-order chi connectivity index (χ0) is 11.4. The van der Waals surface area contributed by atoms with Gasteiger partial charge in [-0.25, -0.2) is 0 Å². The Balaban J connectivity index is 2.91. The molecule has 0 saturated carbocycles. The van der Waals surface area contributed by atoms with Gasteiger partial charge in [-0.3, -0.25) is 4.79 Å². The monoisotopic (exact) mass is 270 g/mol. The van der Waals surface area contributed by atoms with Crippen molar-refractivity contribution < 1.29 is 9.53 Å². The van der Waals surface area contributed by atoms with Crippen molar-refractivity contribution in [2.75, 3.05) is 13.2 Å². The maximum atomic E-state index is 11.7. The molecule has 0 heterocycles. The highest BCUT2D eigenvalue weighted by molar-refractivity contribution is 9.10. The predicted octanol–water partition coefficient (Wildman–Crippen LogP) is 3.29. The summed E-state index contributed by atoms with van der Waals surface area (Å²) >= 11 is 3.47. The van der Waals surface area contributed by atoms with Crippen LogP contribution in [0, 0.1) is 13.8 Å². The number of aryl methyl sites for hydroxylation is 2. The molecule has 0 bridgehead atoms. The fraction of sp³-hybridized carbons (Fsp3) is 0.417. The van der Waals surface area contributed by atoms with Crippen LogP contribution in [0.25, 0.3) is 0 Å². The summed E-state index contributed by atoms with van der Waals surface area (Å²) in [5.74, 6) is 0.0375. The van der Waals surface area contributed by atoms with Gasteiger partial charge in [0.15, 0.2) is 5.78 Å². The Morgan fingerprint density at radius 1 is 1.33 bits per heavy atom. The number of hydrogen-bond acceptors (Lipinski definition) is 2. The minimum Gasteiger partial charge on any atom is -0.374 e. The molecule has 15 heavy (non-hydrogen) atoms. The number of ether oxygens (including phenoxy) is 1. The number of halogens is 1. The molecule has 0 fully saturated rings. The lowest BCUT2D eigenvalue weighted by molar-refractivity contribution is 0.0783. The summed E-state index contributed by atoms with van der Waals surface area (Å²) in [5.41, 5.74) is 2.88. The molecule has 2 nitrogen and oxygen atoms in total. The second-order valence-electron chi connectivity index (χ2n) is 3.48.